The molecule has 3 aromatic rings. The first kappa shape index (κ1) is 26.6. The third kappa shape index (κ3) is 7.26. The zero-order valence-electron chi connectivity index (χ0n) is 21.5. The number of carbonyl (C=O) groups is 2. The van der Waals surface area contributed by atoms with E-state index in [0.29, 0.717) is 24.4 Å². The Morgan fingerprint density at radius 1 is 0.973 bits per heavy atom. The van der Waals surface area contributed by atoms with E-state index in [1.165, 1.54) is 24.2 Å². The number of thioether (sulfide) groups is 1. The Kier molecular flexibility index (Phi) is 9.44. The first-order chi connectivity index (χ1) is 18.0. The average molecular weight is 515 g/mol. The summed E-state index contributed by atoms with van der Waals surface area (Å²) in [5.74, 6) is 2.86. The third-order valence-corrected chi connectivity index (χ3v) is 7.31. The van der Waals surface area contributed by atoms with Gasteiger partial charge in [-0.1, -0.05) is 67.4 Å². The highest BCUT2D eigenvalue weighted by Gasteiger charge is 2.30. The molecule has 1 heterocycles. The molecule has 1 aliphatic rings. The minimum Gasteiger partial charge on any atom is -0.449 e. The van der Waals surface area contributed by atoms with Crippen molar-refractivity contribution in [3.05, 3.63) is 101 Å². The average Bonchev–Trinajstić information content (AvgIpc) is 2.92. The number of aryl methyl sites for hydroxylation is 1. The highest BCUT2D eigenvalue weighted by Crippen LogP contribution is 2.36. The molecule has 0 unspecified atom stereocenters. The Morgan fingerprint density at radius 3 is 2.46 bits per heavy atom. The van der Waals surface area contributed by atoms with E-state index in [1.54, 1.807) is 23.1 Å². The second kappa shape index (κ2) is 13.2. The first-order valence-electron chi connectivity index (χ1n) is 12.9. The fourth-order valence-corrected chi connectivity index (χ4v) is 5.05. The molecule has 0 atom stereocenters. The molecule has 5 nitrogen and oxygen atoms in total. The number of carbonyl (C=O) groups excluding carboxylic acids is 2. The summed E-state index contributed by atoms with van der Waals surface area (Å²) in [7, 11) is 0. The molecule has 0 radical (unpaired) electrons. The summed E-state index contributed by atoms with van der Waals surface area (Å²) in [6.07, 6.45) is 5.16. The summed E-state index contributed by atoms with van der Waals surface area (Å²) in [4.78, 5) is 27.7. The van der Waals surface area contributed by atoms with Gasteiger partial charge in [0.2, 0.25) is 0 Å². The molecule has 0 saturated heterocycles. The van der Waals surface area contributed by atoms with E-state index < -0.39 is 0 Å². The molecular weight excluding hydrogens is 480 g/mol. The van der Waals surface area contributed by atoms with Crippen molar-refractivity contribution in [2.45, 2.75) is 39.7 Å². The standard InChI is InChI=1S/C31H34N2O3S/c1-3-4-19-37-20-7-18-32-30(34)26-16-14-24(15-17-26)21-29-31(35)33(22-25-12-10-23(2)11-13-25)27-8-5-6-9-28(27)36-29/h5-6,8-17,21H,3-4,7,18-20,22H2,1-2H3,(H,32,34). The fourth-order valence-electron chi connectivity index (χ4n) is 4.00. The van der Waals surface area contributed by atoms with Crippen LogP contribution in [0.2, 0.25) is 0 Å². The van der Waals surface area contributed by atoms with Gasteiger partial charge in [0.1, 0.15) is 0 Å². The third-order valence-electron chi connectivity index (χ3n) is 6.16. The van der Waals surface area contributed by atoms with Gasteiger partial charge in [-0.2, -0.15) is 11.8 Å². The van der Waals surface area contributed by atoms with Crippen LogP contribution in [-0.4, -0.2) is 29.9 Å². The largest absolute Gasteiger partial charge is 0.449 e. The number of fused-ring (bicyclic) bond motifs is 1. The number of nitrogens with zero attached hydrogens (tertiary/aromatic N) is 1. The molecule has 2 amide bonds. The lowest BCUT2D eigenvalue weighted by atomic mass is 10.1. The van der Waals surface area contributed by atoms with Crippen molar-refractivity contribution in [2.24, 2.45) is 0 Å². The number of para-hydroxylation sites is 2. The molecule has 1 aliphatic heterocycles. The van der Waals surface area contributed by atoms with Crippen LogP contribution in [0, 0.1) is 6.92 Å². The quantitative estimate of drug-likeness (QED) is 0.231. The minimum absolute atomic E-state index is 0.0824. The van der Waals surface area contributed by atoms with Crippen LogP contribution in [-0.2, 0) is 11.3 Å². The van der Waals surface area contributed by atoms with Gasteiger partial charge in [-0.25, -0.2) is 0 Å². The highest BCUT2D eigenvalue weighted by atomic mass is 32.2. The first-order valence-corrected chi connectivity index (χ1v) is 14.0. The molecule has 192 valence electrons. The van der Waals surface area contributed by atoms with Crippen molar-refractivity contribution < 1.29 is 14.3 Å². The Balaban J connectivity index is 1.42. The highest BCUT2D eigenvalue weighted by molar-refractivity contribution is 7.99. The zero-order chi connectivity index (χ0) is 26.0. The Bertz CT molecular complexity index is 1240. The van der Waals surface area contributed by atoms with Crippen molar-refractivity contribution in [1.82, 2.24) is 5.32 Å². The lowest BCUT2D eigenvalue weighted by molar-refractivity contribution is -0.117. The lowest BCUT2D eigenvalue weighted by Gasteiger charge is -2.30. The Labute approximate surface area is 223 Å². The minimum atomic E-state index is -0.196. The van der Waals surface area contributed by atoms with Crippen LogP contribution in [0.3, 0.4) is 0 Å². The molecule has 6 heteroatoms. The van der Waals surface area contributed by atoms with Gasteiger partial charge in [0, 0.05) is 12.1 Å². The number of anilines is 1. The maximum absolute atomic E-state index is 13.4. The van der Waals surface area contributed by atoms with Crippen LogP contribution in [0.15, 0.2) is 78.6 Å². The van der Waals surface area contributed by atoms with E-state index in [1.807, 2.05) is 79.3 Å². The van der Waals surface area contributed by atoms with Gasteiger partial charge in [-0.3, -0.25) is 14.5 Å². The van der Waals surface area contributed by atoms with Crippen LogP contribution in [0.5, 0.6) is 5.75 Å². The summed E-state index contributed by atoms with van der Waals surface area (Å²) in [6.45, 7) is 5.36. The topological polar surface area (TPSA) is 58.6 Å². The number of nitrogens with one attached hydrogen (secondary N) is 1. The predicted molar refractivity (Wildman–Crippen MR) is 153 cm³/mol. The number of unbranched alkanes of at least 4 members (excludes halogenated alkanes) is 1. The van der Waals surface area contributed by atoms with Crippen molar-refractivity contribution in [2.75, 3.05) is 23.0 Å². The SMILES string of the molecule is CCCCSCCCNC(=O)c1ccc(C=C2Oc3ccccc3N(Cc3ccc(C)cc3)C2=O)cc1. The van der Waals surface area contributed by atoms with Crippen LogP contribution in [0.1, 0.15) is 53.2 Å². The van der Waals surface area contributed by atoms with Gasteiger partial charge in [0.05, 0.1) is 12.2 Å². The molecule has 0 spiro atoms. The molecule has 0 bridgehead atoms. The van der Waals surface area contributed by atoms with Gasteiger partial charge >= 0.3 is 0 Å². The van der Waals surface area contributed by atoms with E-state index in [0.717, 1.165) is 29.0 Å². The summed E-state index contributed by atoms with van der Waals surface area (Å²) in [6, 6.07) is 23.0. The monoisotopic (exact) mass is 514 g/mol. The normalized spacial score (nSPS) is 13.8. The Hall–Kier alpha value is -3.51. The zero-order valence-corrected chi connectivity index (χ0v) is 22.4. The molecule has 0 aromatic heterocycles. The number of benzene rings is 3. The van der Waals surface area contributed by atoms with E-state index >= 15 is 0 Å². The smallest absolute Gasteiger partial charge is 0.294 e. The number of hydrogen-bond donors (Lipinski definition) is 1. The molecule has 37 heavy (non-hydrogen) atoms. The number of ether oxygens (including phenoxy) is 1. The second-order valence-electron chi connectivity index (χ2n) is 9.15. The molecule has 1 N–H and O–H groups in total. The molecule has 0 aliphatic carbocycles. The van der Waals surface area contributed by atoms with E-state index in [9.17, 15) is 9.59 Å². The maximum Gasteiger partial charge on any atom is 0.294 e. The maximum atomic E-state index is 13.4. The molecule has 3 aromatic carbocycles. The van der Waals surface area contributed by atoms with Gasteiger partial charge in [-0.05, 0) is 72.7 Å². The van der Waals surface area contributed by atoms with E-state index in [-0.39, 0.29) is 17.6 Å². The van der Waals surface area contributed by atoms with Gasteiger partial charge in [0.15, 0.2) is 11.5 Å². The predicted octanol–water partition coefficient (Wildman–Crippen LogP) is 6.61. The van der Waals surface area contributed by atoms with E-state index in [2.05, 4.69) is 12.2 Å². The summed E-state index contributed by atoms with van der Waals surface area (Å²) in [5, 5.41) is 2.99. The van der Waals surface area contributed by atoms with Crippen LogP contribution < -0.4 is 15.0 Å². The molecular formula is C31H34N2O3S. The van der Waals surface area contributed by atoms with Crippen LogP contribution >= 0.6 is 11.8 Å². The fraction of sp³-hybridized carbons (Fsp3) is 0.290. The second-order valence-corrected chi connectivity index (χ2v) is 10.4. The molecule has 4 rings (SSSR count). The summed E-state index contributed by atoms with van der Waals surface area (Å²) < 4.78 is 6.00. The van der Waals surface area contributed by atoms with Gasteiger partial charge < -0.3 is 10.1 Å². The molecule has 0 fully saturated rings. The van der Waals surface area contributed by atoms with Gasteiger partial charge in [0.25, 0.3) is 11.8 Å². The number of amides is 2. The van der Waals surface area contributed by atoms with Crippen molar-refractivity contribution >= 4 is 35.3 Å². The number of rotatable bonds is 11. The van der Waals surface area contributed by atoms with Crippen molar-refractivity contribution in [3.63, 3.8) is 0 Å². The summed E-state index contributed by atoms with van der Waals surface area (Å²) >= 11 is 1.94. The van der Waals surface area contributed by atoms with Crippen molar-refractivity contribution in [3.8, 4) is 5.75 Å². The Morgan fingerprint density at radius 2 is 1.70 bits per heavy atom. The van der Waals surface area contributed by atoms with Crippen LogP contribution in [0.25, 0.3) is 6.08 Å². The summed E-state index contributed by atoms with van der Waals surface area (Å²) in [5.41, 5.74) is 4.37. The number of hydrogen-bond acceptors (Lipinski definition) is 4. The van der Waals surface area contributed by atoms with E-state index in [4.69, 9.17) is 4.74 Å². The van der Waals surface area contributed by atoms with Crippen LogP contribution in [0.4, 0.5) is 5.69 Å². The molecule has 0 saturated carbocycles. The lowest BCUT2D eigenvalue weighted by Crippen LogP contribution is -2.36. The van der Waals surface area contributed by atoms with Crippen molar-refractivity contribution in [1.29, 1.82) is 0 Å². The van der Waals surface area contributed by atoms with Gasteiger partial charge in [-0.15, -0.1) is 0 Å².